The summed E-state index contributed by atoms with van der Waals surface area (Å²) in [5.74, 6) is -2.06. The predicted octanol–water partition coefficient (Wildman–Crippen LogP) is 1.77. The fraction of sp³-hybridized carbons (Fsp3) is 0.300. The third-order valence-corrected chi connectivity index (χ3v) is 5.31. The molecule has 0 atom stereocenters. The molecule has 3 aromatic rings. The molecule has 1 aromatic carbocycles. The van der Waals surface area contributed by atoms with Crippen LogP contribution >= 0.6 is 23.4 Å². The molecule has 0 aliphatic heterocycles. The highest BCUT2D eigenvalue weighted by Gasteiger charge is 2.29. The van der Waals surface area contributed by atoms with Crippen molar-refractivity contribution in [2.75, 3.05) is 12.9 Å². The van der Waals surface area contributed by atoms with Crippen LogP contribution in [0.15, 0.2) is 29.4 Å². The minimum absolute atomic E-state index is 0.0356. The average Bonchev–Trinajstić information content (AvgIpc) is 3.04. The zero-order valence-corrected chi connectivity index (χ0v) is 18.4. The molecular formula is C20H21ClN4O5S. The first-order chi connectivity index (χ1) is 14.8. The fourth-order valence-corrected chi connectivity index (χ4v) is 3.87. The van der Waals surface area contributed by atoms with E-state index in [-0.39, 0.29) is 16.8 Å². The number of ketones is 1. The van der Waals surface area contributed by atoms with Gasteiger partial charge in [-0.05, 0) is 30.4 Å². The van der Waals surface area contributed by atoms with Gasteiger partial charge in [0.05, 0.1) is 10.9 Å². The van der Waals surface area contributed by atoms with E-state index in [1.807, 2.05) is 19.1 Å². The van der Waals surface area contributed by atoms with Gasteiger partial charge in [-0.3, -0.25) is 9.59 Å². The summed E-state index contributed by atoms with van der Waals surface area (Å²) in [5, 5.41) is 19.6. The molecule has 164 valence electrons. The second-order valence-corrected chi connectivity index (χ2v) is 7.80. The van der Waals surface area contributed by atoms with Crippen molar-refractivity contribution in [2.24, 2.45) is 5.73 Å². The Morgan fingerprint density at radius 3 is 2.65 bits per heavy atom. The van der Waals surface area contributed by atoms with E-state index in [9.17, 15) is 19.8 Å². The van der Waals surface area contributed by atoms with Crippen LogP contribution in [-0.4, -0.2) is 55.6 Å². The van der Waals surface area contributed by atoms with Gasteiger partial charge in [0.15, 0.2) is 11.4 Å². The van der Waals surface area contributed by atoms with E-state index < -0.39 is 24.6 Å². The molecule has 0 aliphatic carbocycles. The summed E-state index contributed by atoms with van der Waals surface area (Å²) in [4.78, 5) is 33.4. The number of fused-ring (bicyclic) bond motifs is 1. The second-order valence-electron chi connectivity index (χ2n) is 6.59. The number of benzene rings is 1. The molecule has 2 heterocycles. The molecule has 4 N–H and O–H groups in total. The van der Waals surface area contributed by atoms with Gasteiger partial charge in [-0.15, -0.1) is 0 Å². The smallest absolute Gasteiger partial charge is 0.289 e. The summed E-state index contributed by atoms with van der Waals surface area (Å²) < 4.78 is 7.27. The van der Waals surface area contributed by atoms with Gasteiger partial charge < -0.3 is 25.3 Å². The van der Waals surface area contributed by atoms with Crippen LogP contribution in [0, 0.1) is 0 Å². The Morgan fingerprint density at radius 2 is 2.06 bits per heavy atom. The zero-order chi connectivity index (χ0) is 22.7. The summed E-state index contributed by atoms with van der Waals surface area (Å²) in [6, 6.07) is 7.23. The first-order valence-corrected chi connectivity index (χ1v) is 10.9. The van der Waals surface area contributed by atoms with Gasteiger partial charge in [0.25, 0.3) is 11.7 Å². The van der Waals surface area contributed by atoms with Gasteiger partial charge in [-0.25, -0.2) is 4.98 Å². The van der Waals surface area contributed by atoms with Gasteiger partial charge in [-0.1, -0.05) is 42.4 Å². The van der Waals surface area contributed by atoms with Crippen molar-refractivity contribution in [3.8, 4) is 5.88 Å². The van der Waals surface area contributed by atoms with E-state index in [1.54, 1.807) is 23.0 Å². The summed E-state index contributed by atoms with van der Waals surface area (Å²) >= 11 is 7.37. The predicted molar refractivity (Wildman–Crippen MR) is 116 cm³/mol. The topological polar surface area (TPSA) is 141 Å². The number of nitrogens with zero attached hydrogens (tertiary/aromatic N) is 3. The maximum atomic E-state index is 12.8. The lowest BCUT2D eigenvalue weighted by molar-refractivity contribution is -0.114. The van der Waals surface area contributed by atoms with Gasteiger partial charge in [0.2, 0.25) is 5.88 Å². The molecule has 9 nitrogen and oxygen atoms in total. The second kappa shape index (κ2) is 9.65. The molecule has 0 saturated heterocycles. The first-order valence-electron chi connectivity index (χ1n) is 9.31. The summed E-state index contributed by atoms with van der Waals surface area (Å²) in [5.41, 5.74) is 7.10. The molecule has 3 rings (SSSR count). The summed E-state index contributed by atoms with van der Waals surface area (Å²) in [7, 11) is 0. The molecule has 0 saturated carbocycles. The van der Waals surface area contributed by atoms with Crippen molar-refractivity contribution in [3.63, 3.8) is 0 Å². The quantitative estimate of drug-likeness (QED) is 0.143. The molecule has 1 amide bonds. The Kier molecular flexibility index (Phi) is 7.16. The first kappa shape index (κ1) is 23.0. The lowest BCUT2D eigenvalue weighted by Gasteiger charge is -2.11. The number of aliphatic hydroxyl groups is 2. The number of nitrogens with two attached hydrogens (primary N) is 1. The molecule has 31 heavy (non-hydrogen) atoms. The lowest BCUT2D eigenvalue weighted by Crippen LogP contribution is -2.24. The van der Waals surface area contributed by atoms with Crippen LogP contribution in [-0.2, 0) is 17.8 Å². The van der Waals surface area contributed by atoms with Gasteiger partial charge in [-0.2, -0.15) is 4.98 Å². The average molecular weight is 465 g/mol. The number of primary amides is 1. The SMILES string of the molecule is CCc1c(C(=O)C(N)=O)c2c(OCC(O)O)nc(SC)nc2n1Cc1cccc(Cl)c1. The summed E-state index contributed by atoms with van der Waals surface area (Å²) in [6.45, 7) is 1.67. The van der Waals surface area contributed by atoms with E-state index in [4.69, 9.17) is 22.1 Å². The Hall–Kier alpha value is -2.66. The van der Waals surface area contributed by atoms with Crippen molar-refractivity contribution in [2.45, 2.75) is 31.3 Å². The fourth-order valence-electron chi connectivity index (χ4n) is 3.30. The minimum atomic E-state index is -1.75. The van der Waals surface area contributed by atoms with Crippen LogP contribution in [0.5, 0.6) is 5.88 Å². The Balaban J connectivity index is 2.34. The van der Waals surface area contributed by atoms with E-state index in [0.717, 1.165) is 5.56 Å². The minimum Gasteiger partial charge on any atom is -0.472 e. The van der Waals surface area contributed by atoms with Gasteiger partial charge >= 0.3 is 0 Å². The van der Waals surface area contributed by atoms with E-state index in [0.29, 0.717) is 34.5 Å². The number of carbonyl (C=O) groups excluding carboxylic acids is 2. The number of halogens is 1. The molecule has 0 aliphatic rings. The van der Waals surface area contributed by atoms with E-state index >= 15 is 0 Å². The molecule has 2 aromatic heterocycles. The number of hydrogen-bond acceptors (Lipinski definition) is 8. The van der Waals surface area contributed by atoms with Gasteiger partial charge in [0, 0.05) is 17.3 Å². The largest absolute Gasteiger partial charge is 0.472 e. The third kappa shape index (κ3) is 4.82. The Bertz CT molecular complexity index is 1150. The van der Waals surface area contributed by atoms with Crippen LogP contribution < -0.4 is 10.5 Å². The van der Waals surface area contributed by atoms with Crippen molar-refractivity contribution >= 4 is 46.1 Å². The van der Waals surface area contributed by atoms with Crippen molar-refractivity contribution in [1.29, 1.82) is 0 Å². The third-order valence-electron chi connectivity index (χ3n) is 4.52. The van der Waals surface area contributed by atoms with Crippen molar-refractivity contribution in [3.05, 3.63) is 46.1 Å². The Labute approximate surface area is 187 Å². The number of thioether (sulfide) groups is 1. The normalized spacial score (nSPS) is 11.3. The molecule has 0 spiro atoms. The highest BCUT2D eigenvalue weighted by molar-refractivity contribution is 7.98. The van der Waals surface area contributed by atoms with Crippen LogP contribution in [0.2, 0.25) is 5.02 Å². The Morgan fingerprint density at radius 1 is 1.32 bits per heavy atom. The standard InChI is InChI=1S/C20H21ClN4O5S/c1-3-12-14(16(28)17(22)29)15-18(25(12)8-10-5-4-6-11(21)7-10)23-20(31-2)24-19(15)30-9-13(26)27/h4-7,13,26-27H,3,8-9H2,1-2H3,(H2,22,29). The number of carbonyl (C=O) groups is 2. The number of aromatic nitrogens is 3. The number of hydrogen-bond donors (Lipinski definition) is 3. The van der Waals surface area contributed by atoms with E-state index in [1.165, 1.54) is 11.8 Å². The van der Waals surface area contributed by atoms with E-state index in [2.05, 4.69) is 9.97 Å². The molecule has 0 bridgehead atoms. The number of ether oxygens (including phenoxy) is 1. The lowest BCUT2D eigenvalue weighted by atomic mass is 10.1. The van der Waals surface area contributed by atoms with Crippen LogP contribution in [0.25, 0.3) is 11.0 Å². The number of Topliss-reactive ketones (excluding diaryl/α,β-unsaturated/α-hetero) is 1. The van der Waals surface area contributed by atoms with Crippen molar-refractivity contribution < 1.29 is 24.5 Å². The molecule has 11 heteroatoms. The van der Waals surface area contributed by atoms with Crippen LogP contribution in [0.3, 0.4) is 0 Å². The number of amides is 1. The van der Waals surface area contributed by atoms with Gasteiger partial charge in [0.1, 0.15) is 12.3 Å². The molecular weight excluding hydrogens is 444 g/mol. The molecule has 0 unspecified atom stereocenters. The highest BCUT2D eigenvalue weighted by atomic mass is 35.5. The van der Waals surface area contributed by atoms with Crippen LogP contribution in [0.4, 0.5) is 0 Å². The highest BCUT2D eigenvalue weighted by Crippen LogP contribution is 2.34. The number of rotatable bonds is 9. The maximum absolute atomic E-state index is 12.8. The van der Waals surface area contributed by atoms with Crippen LogP contribution in [0.1, 0.15) is 28.5 Å². The van der Waals surface area contributed by atoms with Crippen molar-refractivity contribution in [1.82, 2.24) is 14.5 Å². The monoisotopic (exact) mass is 464 g/mol. The zero-order valence-electron chi connectivity index (χ0n) is 16.8. The maximum Gasteiger partial charge on any atom is 0.289 e. The molecule has 0 fully saturated rings. The molecule has 0 radical (unpaired) electrons. The number of aliphatic hydroxyl groups excluding tert-OH is 1. The summed E-state index contributed by atoms with van der Waals surface area (Å²) in [6.07, 6.45) is 0.408.